The highest BCUT2D eigenvalue weighted by Gasteiger charge is 2.07. The fraction of sp³-hybridized carbons (Fsp3) is 0.0588. The maximum absolute atomic E-state index is 5.56. The Hall–Kier alpha value is -2.22. The van der Waals surface area contributed by atoms with Crippen molar-refractivity contribution in [2.24, 2.45) is 0 Å². The third-order valence-electron chi connectivity index (χ3n) is 2.99. The normalized spacial score (nSPS) is 10.2. The number of benzene rings is 2. The highest BCUT2D eigenvalue weighted by atomic mass is 28.2. The lowest BCUT2D eigenvalue weighted by Crippen LogP contribution is -2.31. The third kappa shape index (κ3) is 2.54. The van der Waals surface area contributed by atoms with E-state index in [1.54, 1.807) is 0 Å². The van der Waals surface area contributed by atoms with Crippen LogP contribution in [0.3, 0.4) is 0 Å². The van der Waals surface area contributed by atoms with Gasteiger partial charge in [-0.25, -0.2) is 0 Å². The van der Waals surface area contributed by atoms with Crippen LogP contribution in [0.25, 0.3) is 0 Å². The molecule has 0 atom stereocenters. The average Bonchev–Trinajstić information content (AvgIpc) is 2.41. The molecule has 2 aromatic carbocycles. The quantitative estimate of drug-likeness (QED) is 0.549. The summed E-state index contributed by atoms with van der Waals surface area (Å²) in [5.41, 5.74) is 3.16. The molecule has 0 fully saturated rings. The molecule has 0 aliphatic rings. The van der Waals surface area contributed by atoms with E-state index < -0.39 is 9.52 Å². The molecular weight excluding hydrogens is 232 g/mol. The Labute approximate surface area is 111 Å². The Balaban J connectivity index is 2.43. The SMILES string of the molecule is C#Cc1cccc(C#C)c1[SiH2]c1ccc(C)cc1. The first-order chi connectivity index (χ1) is 8.74. The van der Waals surface area contributed by atoms with Crippen molar-refractivity contribution in [1.29, 1.82) is 0 Å². The van der Waals surface area contributed by atoms with Gasteiger partial charge in [0.25, 0.3) is 0 Å². The molecule has 86 valence electrons. The Morgan fingerprint density at radius 2 is 1.44 bits per heavy atom. The minimum absolute atomic E-state index is 0.615. The first-order valence-corrected chi connectivity index (χ1v) is 7.26. The molecule has 2 aromatic rings. The predicted molar refractivity (Wildman–Crippen MR) is 81.3 cm³/mol. The molecule has 0 saturated carbocycles. The summed E-state index contributed by atoms with van der Waals surface area (Å²) >= 11 is 0. The zero-order chi connectivity index (χ0) is 13.0. The second-order valence-corrected chi connectivity index (χ2v) is 6.16. The van der Waals surface area contributed by atoms with E-state index in [9.17, 15) is 0 Å². The van der Waals surface area contributed by atoms with Crippen molar-refractivity contribution in [2.45, 2.75) is 6.92 Å². The van der Waals surface area contributed by atoms with Gasteiger partial charge in [-0.2, -0.15) is 0 Å². The van der Waals surface area contributed by atoms with Crippen LogP contribution in [0.2, 0.25) is 0 Å². The number of aryl methyl sites for hydroxylation is 1. The fourth-order valence-electron chi connectivity index (χ4n) is 1.96. The van der Waals surface area contributed by atoms with Crippen molar-refractivity contribution >= 4 is 19.9 Å². The van der Waals surface area contributed by atoms with Gasteiger partial charge in [0.05, 0.1) is 9.52 Å². The summed E-state index contributed by atoms with van der Waals surface area (Å²) in [6, 6.07) is 14.5. The molecule has 0 saturated heterocycles. The summed E-state index contributed by atoms with van der Waals surface area (Å²) in [5, 5.41) is 2.56. The van der Waals surface area contributed by atoms with Crippen LogP contribution >= 0.6 is 0 Å². The van der Waals surface area contributed by atoms with Crippen LogP contribution in [0, 0.1) is 31.6 Å². The van der Waals surface area contributed by atoms with Gasteiger partial charge in [-0.05, 0) is 24.2 Å². The lowest BCUT2D eigenvalue weighted by atomic mass is 10.1. The molecule has 0 heterocycles. The standard InChI is InChI=1S/C17H14Si/c1-4-14-7-6-8-15(5-2)17(14)18-16-11-9-13(3)10-12-16/h1-2,6-12H,18H2,3H3. The summed E-state index contributed by atoms with van der Waals surface area (Å²) in [6.07, 6.45) is 11.1. The second kappa shape index (κ2) is 5.41. The molecule has 0 N–H and O–H groups in total. The van der Waals surface area contributed by atoms with E-state index in [2.05, 4.69) is 43.0 Å². The largest absolute Gasteiger partial charge is 0.115 e. The number of hydrogen-bond acceptors (Lipinski definition) is 0. The molecule has 0 radical (unpaired) electrons. The van der Waals surface area contributed by atoms with E-state index in [4.69, 9.17) is 12.8 Å². The number of terminal acetylenes is 2. The van der Waals surface area contributed by atoms with E-state index >= 15 is 0 Å². The van der Waals surface area contributed by atoms with Crippen molar-refractivity contribution in [2.75, 3.05) is 0 Å². The molecular formula is C17H14Si. The third-order valence-corrected chi connectivity index (χ3v) is 4.98. The maximum atomic E-state index is 5.56. The zero-order valence-electron chi connectivity index (χ0n) is 10.4. The number of hydrogen-bond donors (Lipinski definition) is 0. The van der Waals surface area contributed by atoms with E-state index in [1.807, 2.05) is 18.2 Å². The van der Waals surface area contributed by atoms with Gasteiger partial charge >= 0.3 is 0 Å². The van der Waals surface area contributed by atoms with Gasteiger partial charge in [0, 0.05) is 11.1 Å². The highest BCUT2D eigenvalue weighted by molar-refractivity contribution is 6.68. The first kappa shape index (κ1) is 12.2. The lowest BCUT2D eigenvalue weighted by Gasteiger charge is -2.08. The number of rotatable bonds is 2. The van der Waals surface area contributed by atoms with Crippen LogP contribution in [0.5, 0.6) is 0 Å². The molecule has 0 spiro atoms. The van der Waals surface area contributed by atoms with E-state index in [0.29, 0.717) is 0 Å². The van der Waals surface area contributed by atoms with Crippen LogP contribution in [-0.4, -0.2) is 9.52 Å². The summed E-state index contributed by atoms with van der Waals surface area (Å²) in [6.45, 7) is 2.09. The van der Waals surface area contributed by atoms with Crippen LogP contribution in [0.4, 0.5) is 0 Å². The van der Waals surface area contributed by atoms with Gasteiger partial charge in [0.2, 0.25) is 0 Å². The molecule has 2 rings (SSSR count). The van der Waals surface area contributed by atoms with Crippen LogP contribution < -0.4 is 10.4 Å². The Morgan fingerprint density at radius 1 is 0.889 bits per heavy atom. The minimum atomic E-state index is -0.615. The summed E-state index contributed by atoms with van der Waals surface area (Å²) in [4.78, 5) is 0. The maximum Gasteiger partial charge on any atom is 0.0907 e. The Kier molecular flexibility index (Phi) is 3.68. The van der Waals surface area contributed by atoms with Gasteiger partial charge < -0.3 is 0 Å². The smallest absolute Gasteiger partial charge is 0.0907 e. The van der Waals surface area contributed by atoms with E-state index in [0.717, 1.165) is 11.1 Å². The van der Waals surface area contributed by atoms with Gasteiger partial charge in [-0.1, -0.05) is 52.9 Å². The van der Waals surface area contributed by atoms with Gasteiger partial charge in [0.1, 0.15) is 0 Å². The Bertz CT molecular complexity index is 605. The summed E-state index contributed by atoms with van der Waals surface area (Å²) in [7, 11) is -0.615. The van der Waals surface area contributed by atoms with Crippen LogP contribution in [-0.2, 0) is 0 Å². The molecule has 0 nitrogen and oxygen atoms in total. The lowest BCUT2D eigenvalue weighted by molar-refractivity contribution is 1.49. The Morgan fingerprint density at radius 3 is 1.94 bits per heavy atom. The molecule has 0 aliphatic heterocycles. The summed E-state index contributed by atoms with van der Waals surface area (Å²) < 4.78 is 0. The summed E-state index contributed by atoms with van der Waals surface area (Å²) in [5.74, 6) is 5.48. The zero-order valence-corrected chi connectivity index (χ0v) is 11.8. The van der Waals surface area contributed by atoms with Gasteiger partial charge in [-0.3, -0.25) is 0 Å². The minimum Gasteiger partial charge on any atom is -0.115 e. The van der Waals surface area contributed by atoms with Crippen molar-refractivity contribution in [3.8, 4) is 24.7 Å². The van der Waals surface area contributed by atoms with Crippen LogP contribution in [0.15, 0.2) is 42.5 Å². The van der Waals surface area contributed by atoms with Crippen molar-refractivity contribution in [3.05, 3.63) is 59.2 Å². The molecule has 0 bridgehead atoms. The molecule has 0 aliphatic carbocycles. The second-order valence-electron chi connectivity index (χ2n) is 4.28. The fourth-order valence-corrected chi connectivity index (χ4v) is 3.66. The topological polar surface area (TPSA) is 0 Å². The molecule has 1 heteroatoms. The van der Waals surface area contributed by atoms with Crippen molar-refractivity contribution in [3.63, 3.8) is 0 Å². The van der Waals surface area contributed by atoms with E-state index in [-0.39, 0.29) is 0 Å². The van der Waals surface area contributed by atoms with E-state index in [1.165, 1.54) is 15.9 Å². The van der Waals surface area contributed by atoms with Crippen molar-refractivity contribution < 1.29 is 0 Å². The van der Waals surface area contributed by atoms with Crippen LogP contribution in [0.1, 0.15) is 16.7 Å². The first-order valence-electron chi connectivity index (χ1n) is 5.85. The van der Waals surface area contributed by atoms with Gasteiger partial charge in [-0.15, -0.1) is 12.8 Å². The molecule has 0 aromatic heterocycles. The molecule has 0 unspecified atom stereocenters. The molecule has 0 amide bonds. The van der Waals surface area contributed by atoms with Crippen molar-refractivity contribution in [1.82, 2.24) is 0 Å². The van der Waals surface area contributed by atoms with Gasteiger partial charge in [0.15, 0.2) is 0 Å². The average molecular weight is 246 g/mol. The predicted octanol–water partition coefficient (Wildman–Crippen LogP) is 1.08. The molecule has 18 heavy (non-hydrogen) atoms. The monoisotopic (exact) mass is 246 g/mol. The highest BCUT2D eigenvalue weighted by Crippen LogP contribution is 2.00.